The zero-order valence-electron chi connectivity index (χ0n) is 17.9. The summed E-state index contributed by atoms with van der Waals surface area (Å²) in [6.45, 7) is 10.8. The molecule has 0 fully saturated rings. The Morgan fingerprint density at radius 2 is 1.83 bits per heavy atom. The van der Waals surface area contributed by atoms with Gasteiger partial charge in [-0.05, 0) is 58.7 Å². The average molecular weight is 402 g/mol. The summed E-state index contributed by atoms with van der Waals surface area (Å²) in [6, 6.07) is 5.80. The van der Waals surface area contributed by atoms with Crippen LogP contribution in [0.15, 0.2) is 33.5 Å². The first kappa shape index (κ1) is 22.5. The summed E-state index contributed by atoms with van der Waals surface area (Å²) in [5, 5.41) is 3.58. The third-order valence-corrected chi connectivity index (χ3v) is 4.37. The van der Waals surface area contributed by atoms with Crippen LogP contribution in [0.4, 0.5) is 4.79 Å². The van der Waals surface area contributed by atoms with Gasteiger partial charge in [-0.25, -0.2) is 9.59 Å². The Labute approximate surface area is 171 Å². The number of ether oxygens (including phenoxy) is 1. The molecule has 1 atom stereocenters. The molecule has 2 aromatic rings. The van der Waals surface area contributed by atoms with Gasteiger partial charge in [-0.3, -0.25) is 9.69 Å². The first-order chi connectivity index (χ1) is 13.6. The first-order valence-corrected chi connectivity index (χ1v) is 10.0. The second-order valence-corrected chi connectivity index (χ2v) is 7.66. The van der Waals surface area contributed by atoms with Crippen molar-refractivity contribution >= 4 is 22.9 Å². The maximum atomic E-state index is 12.8. The van der Waals surface area contributed by atoms with Crippen molar-refractivity contribution in [1.82, 2.24) is 10.2 Å². The number of nitrogens with one attached hydrogen (secondary N) is 1. The molecule has 0 saturated heterocycles. The van der Waals surface area contributed by atoms with Crippen LogP contribution in [0.25, 0.3) is 11.0 Å². The molecule has 3 amide bonds. The first-order valence-electron chi connectivity index (χ1n) is 10.0. The molecule has 1 N–H and O–H groups in total. The van der Waals surface area contributed by atoms with E-state index in [4.69, 9.17) is 9.15 Å². The average Bonchev–Trinajstić information content (AvgIpc) is 2.60. The molecular formula is C22H30N2O5. The van der Waals surface area contributed by atoms with Gasteiger partial charge in [-0.2, -0.15) is 0 Å². The smallest absolute Gasteiger partial charge is 0.336 e. The highest BCUT2D eigenvalue weighted by atomic mass is 16.5. The minimum atomic E-state index is -0.890. The number of amides is 3. The zero-order chi connectivity index (χ0) is 21.7. The van der Waals surface area contributed by atoms with Gasteiger partial charge in [0.1, 0.15) is 11.3 Å². The number of carbonyl (C=O) groups excluding carboxylic acids is 2. The van der Waals surface area contributed by atoms with Gasteiger partial charge >= 0.3 is 11.7 Å². The molecule has 29 heavy (non-hydrogen) atoms. The van der Waals surface area contributed by atoms with Crippen molar-refractivity contribution in [1.29, 1.82) is 0 Å². The maximum Gasteiger partial charge on any atom is 0.336 e. The van der Waals surface area contributed by atoms with Gasteiger partial charge in [0.2, 0.25) is 0 Å². The normalized spacial score (nSPS) is 12.3. The standard InChI is InChI=1S/C22H30N2O5/c1-7-8-16-11-20(25)29-19-12-17(9-10-18(16)19)28-15(6)21(26)24(14(4)5)22(27)23-13(2)3/h9-15H,7-8H2,1-6H3,(H,23,27)/t15-/m0/s1. The second-order valence-electron chi connectivity index (χ2n) is 7.66. The van der Waals surface area contributed by atoms with Crippen LogP contribution in [0.1, 0.15) is 53.5 Å². The Kier molecular flexibility index (Phi) is 7.42. The van der Waals surface area contributed by atoms with Gasteiger partial charge in [0.25, 0.3) is 5.91 Å². The summed E-state index contributed by atoms with van der Waals surface area (Å²) in [6.07, 6.45) is 0.787. The topological polar surface area (TPSA) is 88.8 Å². The fourth-order valence-corrected chi connectivity index (χ4v) is 3.12. The van der Waals surface area contributed by atoms with Crippen LogP contribution < -0.4 is 15.7 Å². The third kappa shape index (κ3) is 5.59. The van der Waals surface area contributed by atoms with Crippen LogP contribution in [-0.2, 0) is 11.2 Å². The van der Waals surface area contributed by atoms with E-state index < -0.39 is 23.7 Å². The zero-order valence-corrected chi connectivity index (χ0v) is 17.9. The predicted octanol–water partition coefficient (Wildman–Crippen LogP) is 3.87. The lowest BCUT2D eigenvalue weighted by atomic mass is 10.1. The van der Waals surface area contributed by atoms with Crippen LogP contribution in [0, 0.1) is 0 Å². The Hall–Kier alpha value is -2.83. The van der Waals surface area contributed by atoms with Crippen molar-refractivity contribution in [2.75, 3.05) is 0 Å². The Bertz CT molecular complexity index is 932. The molecule has 2 rings (SSSR count). The van der Waals surface area contributed by atoms with Crippen LogP contribution in [0.2, 0.25) is 0 Å². The van der Waals surface area contributed by atoms with E-state index in [0.29, 0.717) is 11.3 Å². The molecule has 0 saturated carbocycles. The molecule has 0 radical (unpaired) electrons. The SMILES string of the molecule is CCCc1cc(=O)oc2cc(O[C@@H](C)C(=O)N(C(=O)NC(C)C)C(C)C)ccc12. The lowest BCUT2D eigenvalue weighted by Gasteiger charge is -2.28. The summed E-state index contributed by atoms with van der Waals surface area (Å²) in [7, 11) is 0. The largest absolute Gasteiger partial charge is 0.481 e. The third-order valence-electron chi connectivity index (χ3n) is 4.37. The van der Waals surface area contributed by atoms with Gasteiger partial charge in [0.15, 0.2) is 6.10 Å². The van der Waals surface area contributed by atoms with E-state index in [2.05, 4.69) is 5.32 Å². The molecule has 0 spiro atoms. The highest BCUT2D eigenvalue weighted by Crippen LogP contribution is 2.24. The number of hydrogen-bond donors (Lipinski definition) is 1. The molecule has 1 heterocycles. The number of imide groups is 1. The highest BCUT2D eigenvalue weighted by Gasteiger charge is 2.30. The molecule has 158 valence electrons. The molecule has 0 aliphatic rings. The van der Waals surface area contributed by atoms with E-state index in [-0.39, 0.29) is 12.1 Å². The Balaban J connectivity index is 2.25. The molecule has 0 aliphatic heterocycles. The maximum absolute atomic E-state index is 12.8. The number of carbonyl (C=O) groups is 2. The molecule has 1 aromatic heterocycles. The highest BCUT2D eigenvalue weighted by molar-refractivity contribution is 5.97. The summed E-state index contributed by atoms with van der Waals surface area (Å²) < 4.78 is 11.1. The van der Waals surface area contributed by atoms with E-state index in [9.17, 15) is 14.4 Å². The number of urea groups is 1. The fourth-order valence-electron chi connectivity index (χ4n) is 3.12. The molecule has 7 nitrogen and oxygen atoms in total. The molecular weight excluding hydrogens is 372 g/mol. The van der Waals surface area contributed by atoms with Crippen LogP contribution in [0.5, 0.6) is 5.75 Å². The lowest BCUT2D eigenvalue weighted by molar-refractivity contribution is -0.136. The van der Waals surface area contributed by atoms with Gasteiger partial charge in [0, 0.05) is 29.6 Å². The van der Waals surface area contributed by atoms with Crippen molar-refractivity contribution in [2.45, 2.75) is 72.6 Å². The van der Waals surface area contributed by atoms with Crippen molar-refractivity contribution in [3.8, 4) is 5.75 Å². The minimum absolute atomic E-state index is 0.0894. The van der Waals surface area contributed by atoms with E-state index in [1.165, 1.54) is 6.07 Å². The summed E-state index contributed by atoms with van der Waals surface area (Å²) in [5.74, 6) is -0.0532. The minimum Gasteiger partial charge on any atom is -0.481 e. The number of fused-ring (bicyclic) bond motifs is 1. The number of hydrogen-bond acceptors (Lipinski definition) is 5. The molecule has 1 aromatic carbocycles. The van der Waals surface area contributed by atoms with E-state index in [1.807, 2.05) is 26.8 Å². The van der Waals surface area contributed by atoms with Gasteiger partial charge in [0.05, 0.1) is 0 Å². The monoisotopic (exact) mass is 402 g/mol. The van der Waals surface area contributed by atoms with E-state index >= 15 is 0 Å². The predicted molar refractivity (Wildman–Crippen MR) is 112 cm³/mol. The summed E-state index contributed by atoms with van der Waals surface area (Å²) >= 11 is 0. The number of nitrogens with zero attached hydrogens (tertiary/aromatic N) is 1. The molecule has 7 heteroatoms. The van der Waals surface area contributed by atoms with Crippen molar-refractivity contribution < 1.29 is 18.7 Å². The molecule has 0 aliphatic carbocycles. The Morgan fingerprint density at radius 3 is 2.41 bits per heavy atom. The second kappa shape index (κ2) is 9.58. The number of rotatable bonds is 7. The van der Waals surface area contributed by atoms with Crippen molar-refractivity contribution in [3.63, 3.8) is 0 Å². The Morgan fingerprint density at radius 1 is 1.14 bits per heavy atom. The van der Waals surface area contributed by atoms with E-state index in [0.717, 1.165) is 28.7 Å². The lowest BCUT2D eigenvalue weighted by Crippen LogP contribution is -2.53. The number of aryl methyl sites for hydroxylation is 1. The molecule has 0 bridgehead atoms. The van der Waals surface area contributed by atoms with E-state index in [1.54, 1.807) is 32.9 Å². The summed E-state index contributed by atoms with van der Waals surface area (Å²) in [5.41, 5.74) is 0.917. The van der Waals surface area contributed by atoms with Crippen LogP contribution in [0.3, 0.4) is 0 Å². The number of benzene rings is 1. The fraction of sp³-hybridized carbons (Fsp3) is 0.500. The van der Waals surface area contributed by atoms with Crippen LogP contribution >= 0.6 is 0 Å². The summed E-state index contributed by atoms with van der Waals surface area (Å²) in [4.78, 5) is 38.2. The van der Waals surface area contributed by atoms with Crippen molar-refractivity contribution in [3.05, 3.63) is 40.2 Å². The van der Waals surface area contributed by atoms with Crippen LogP contribution in [-0.4, -0.2) is 35.0 Å². The van der Waals surface area contributed by atoms with Crippen molar-refractivity contribution in [2.24, 2.45) is 0 Å². The quantitative estimate of drug-likeness (QED) is 0.710. The van der Waals surface area contributed by atoms with Gasteiger partial charge in [-0.15, -0.1) is 0 Å². The van der Waals surface area contributed by atoms with Gasteiger partial charge in [-0.1, -0.05) is 13.3 Å². The molecule has 0 unspecified atom stereocenters. The van der Waals surface area contributed by atoms with Gasteiger partial charge < -0.3 is 14.5 Å².